The molecule has 0 aromatic heterocycles. The van der Waals surface area contributed by atoms with Gasteiger partial charge in [0.05, 0.1) is 23.5 Å². The van der Waals surface area contributed by atoms with Crippen LogP contribution in [0.3, 0.4) is 0 Å². The number of benzene rings is 3. The number of aryl methyl sites for hydroxylation is 1. The third-order valence-corrected chi connectivity index (χ3v) is 7.33. The molecule has 0 fully saturated rings. The molecule has 0 unspecified atom stereocenters. The SMILES string of the molecule is CCCS(=O)(=O)N(Cc1ccc(OCC(=O)O)c(C)c1)c1cccc(-c2ccc(C(F)(F)F)cc2)c1. The van der Waals surface area contributed by atoms with Gasteiger partial charge in [0.1, 0.15) is 5.75 Å². The highest BCUT2D eigenvalue weighted by molar-refractivity contribution is 7.92. The predicted molar refractivity (Wildman–Crippen MR) is 131 cm³/mol. The summed E-state index contributed by atoms with van der Waals surface area (Å²) in [5.74, 6) is -0.812. The van der Waals surface area contributed by atoms with Crippen LogP contribution in [0.25, 0.3) is 11.1 Å². The molecule has 0 amide bonds. The molecule has 0 aliphatic rings. The van der Waals surface area contributed by atoms with Crippen LogP contribution < -0.4 is 9.04 Å². The molecule has 0 aliphatic carbocycles. The Kier molecular flexibility index (Phi) is 8.29. The van der Waals surface area contributed by atoms with Crippen LogP contribution in [-0.2, 0) is 27.5 Å². The zero-order valence-electron chi connectivity index (χ0n) is 19.7. The monoisotopic (exact) mass is 521 g/mol. The van der Waals surface area contributed by atoms with Crippen molar-refractivity contribution in [1.29, 1.82) is 0 Å². The van der Waals surface area contributed by atoms with E-state index in [0.29, 0.717) is 40.1 Å². The molecule has 10 heteroatoms. The van der Waals surface area contributed by atoms with Crippen LogP contribution in [0.15, 0.2) is 66.7 Å². The van der Waals surface area contributed by atoms with Crippen molar-refractivity contribution in [3.05, 3.63) is 83.4 Å². The molecule has 1 N–H and O–H groups in total. The summed E-state index contributed by atoms with van der Waals surface area (Å²) >= 11 is 0. The highest BCUT2D eigenvalue weighted by Crippen LogP contribution is 2.33. The van der Waals surface area contributed by atoms with E-state index < -0.39 is 34.3 Å². The topological polar surface area (TPSA) is 83.9 Å². The smallest absolute Gasteiger partial charge is 0.416 e. The maximum Gasteiger partial charge on any atom is 0.416 e. The van der Waals surface area contributed by atoms with Gasteiger partial charge in [0, 0.05) is 0 Å². The summed E-state index contributed by atoms with van der Waals surface area (Å²) in [7, 11) is -3.72. The second-order valence-corrected chi connectivity index (χ2v) is 10.2. The Morgan fingerprint density at radius 3 is 2.28 bits per heavy atom. The minimum atomic E-state index is -4.45. The van der Waals surface area contributed by atoms with E-state index in [9.17, 15) is 26.4 Å². The molecule has 0 spiro atoms. The summed E-state index contributed by atoms with van der Waals surface area (Å²) in [6.07, 6.45) is -4.05. The molecule has 3 aromatic rings. The van der Waals surface area contributed by atoms with Crippen LogP contribution in [0.2, 0.25) is 0 Å². The summed E-state index contributed by atoms with van der Waals surface area (Å²) in [6, 6.07) is 16.3. The molecular formula is C26H26F3NO5S. The van der Waals surface area contributed by atoms with Crippen molar-refractivity contribution in [1.82, 2.24) is 0 Å². The maximum absolute atomic E-state index is 13.2. The molecule has 0 aliphatic heterocycles. The minimum Gasteiger partial charge on any atom is -0.482 e. The Balaban J connectivity index is 1.95. The number of ether oxygens (including phenoxy) is 1. The lowest BCUT2D eigenvalue weighted by Gasteiger charge is -2.25. The van der Waals surface area contributed by atoms with E-state index in [1.807, 2.05) is 0 Å². The summed E-state index contributed by atoms with van der Waals surface area (Å²) in [4.78, 5) is 10.8. The Hall–Kier alpha value is -3.53. The normalized spacial score (nSPS) is 11.8. The largest absolute Gasteiger partial charge is 0.482 e. The molecular weight excluding hydrogens is 495 g/mol. The van der Waals surface area contributed by atoms with Crippen molar-refractivity contribution in [2.75, 3.05) is 16.7 Å². The Labute approximate surface area is 208 Å². The number of halogens is 3. The van der Waals surface area contributed by atoms with Crippen molar-refractivity contribution in [2.45, 2.75) is 33.0 Å². The summed E-state index contributed by atoms with van der Waals surface area (Å²) in [6.45, 7) is 3.01. The number of anilines is 1. The molecule has 0 heterocycles. The highest BCUT2D eigenvalue weighted by atomic mass is 32.2. The van der Waals surface area contributed by atoms with E-state index in [4.69, 9.17) is 9.84 Å². The number of nitrogens with zero attached hydrogens (tertiary/aromatic N) is 1. The van der Waals surface area contributed by atoms with Crippen molar-refractivity contribution in [3.8, 4) is 16.9 Å². The van der Waals surface area contributed by atoms with Crippen LogP contribution in [0.5, 0.6) is 5.75 Å². The Bertz CT molecular complexity index is 1320. The average Bonchev–Trinajstić information content (AvgIpc) is 2.81. The molecule has 6 nitrogen and oxygen atoms in total. The van der Waals surface area contributed by atoms with Crippen LogP contribution in [0.4, 0.5) is 18.9 Å². The first-order chi connectivity index (χ1) is 16.9. The number of hydrogen-bond donors (Lipinski definition) is 1. The molecule has 3 aromatic carbocycles. The first-order valence-corrected chi connectivity index (χ1v) is 12.7. The molecule has 3 rings (SSSR count). The average molecular weight is 522 g/mol. The van der Waals surface area contributed by atoms with Crippen LogP contribution in [0, 0.1) is 6.92 Å². The number of hydrogen-bond acceptors (Lipinski definition) is 4. The molecule has 0 radical (unpaired) electrons. The first kappa shape index (κ1) is 27.1. The Morgan fingerprint density at radius 1 is 1.00 bits per heavy atom. The number of carboxylic acid groups (broad SMARTS) is 1. The number of alkyl halides is 3. The van der Waals surface area contributed by atoms with Crippen LogP contribution >= 0.6 is 0 Å². The molecule has 0 saturated carbocycles. The van der Waals surface area contributed by atoms with Gasteiger partial charge in [-0.3, -0.25) is 4.31 Å². The van der Waals surface area contributed by atoms with Crippen molar-refractivity contribution in [3.63, 3.8) is 0 Å². The van der Waals surface area contributed by atoms with E-state index in [-0.39, 0.29) is 12.3 Å². The third kappa shape index (κ3) is 6.78. The lowest BCUT2D eigenvalue weighted by Crippen LogP contribution is -2.32. The quantitative estimate of drug-likeness (QED) is 0.360. The number of sulfonamides is 1. The molecule has 192 valence electrons. The van der Waals surface area contributed by atoms with Gasteiger partial charge < -0.3 is 9.84 Å². The van der Waals surface area contributed by atoms with Gasteiger partial charge in [-0.05, 0) is 65.9 Å². The minimum absolute atomic E-state index is 0.0127. The lowest BCUT2D eigenvalue weighted by molar-refractivity contribution is -0.139. The van der Waals surface area contributed by atoms with Gasteiger partial charge in [0.2, 0.25) is 10.0 Å². The number of aliphatic carboxylic acids is 1. The van der Waals surface area contributed by atoms with Gasteiger partial charge in [-0.2, -0.15) is 13.2 Å². The van der Waals surface area contributed by atoms with Gasteiger partial charge in [0.25, 0.3) is 0 Å². The molecule has 0 saturated heterocycles. The summed E-state index contributed by atoms with van der Waals surface area (Å²) in [5.41, 5.74) is 2.03. The van der Waals surface area contributed by atoms with E-state index >= 15 is 0 Å². The lowest BCUT2D eigenvalue weighted by atomic mass is 10.0. The van der Waals surface area contributed by atoms with Crippen LogP contribution in [-0.4, -0.2) is 31.9 Å². The molecule has 0 atom stereocenters. The zero-order chi connectivity index (χ0) is 26.5. The third-order valence-electron chi connectivity index (χ3n) is 5.39. The summed E-state index contributed by atoms with van der Waals surface area (Å²) in [5, 5.41) is 8.81. The van der Waals surface area contributed by atoms with Crippen molar-refractivity contribution < 1.29 is 36.2 Å². The van der Waals surface area contributed by atoms with Gasteiger partial charge in [-0.15, -0.1) is 0 Å². The van der Waals surface area contributed by atoms with Gasteiger partial charge >= 0.3 is 12.1 Å². The second kappa shape index (κ2) is 11.0. The van der Waals surface area contributed by atoms with Gasteiger partial charge in [0.15, 0.2) is 6.61 Å². The molecule has 0 bridgehead atoms. The van der Waals surface area contributed by atoms with Crippen molar-refractivity contribution in [2.24, 2.45) is 0 Å². The maximum atomic E-state index is 13.2. The predicted octanol–water partition coefficient (Wildman–Crippen LogP) is 5.89. The zero-order valence-corrected chi connectivity index (χ0v) is 20.6. The molecule has 36 heavy (non-hydrogen) atoms. The highest BCUT2D eigenvalue weighted by Gasteiger charge is 2.30. The Morgan fingerprint density at radius 2 is 1.69 bits per heavy atom. The number of carboxylic acids is 1. The summed E-state index contributed by atoms with van der Waals surface area (Å²) < 4.78 is 71.7. The van der Waals surface area contributed by atoms with E-state index in [0.717, 1.165) is 12.1 Å². The van der Waals surface area contributed by atoms with E-state index in [1.54, 1.807) is 56.3 Å². The van der Waals surface area contributed by atoms with Gasteiger partial charge in [-0.1, -0.05) is 43.3 Å². The number of carbonyl (C=O) groups is 1. The fourth-order valence-corrected chi connectivity index (χ4v) is 5.20. The van der Waals surface area contributed by atoms with E-state index in [2.05, 4.69) is 0 Å². The standard InChI is InChI=1S/C26H26F3NO5S/c1-3-13-36(33,34)30(16-19-7-12-24(18(2)14-19)35-17-25(31)32)23-6-4-5-21(15-23)20-8-10-22(11-9-20)26(27,28)29/h4-12,14-15H,3,13,16-17H2,1-2H3,(H,31,32). The second-order valence-electron chi connectivity index (χ2n) is 8.23. The number of rotatable bonds is 10. The fourth-order valence-electron chi connectivity index (χ4n) is 3.69. The van der Waals surface area contributed by atoms with E-state index in [1.165, 1.54) is 16.4 Å². The van der Waals surface area contributed by atoms with Gasteiger partial charge in [-0.25, -0.2) is 13.2 Å². The fraction of sp³-hybridized carbons (Fsp3) is 0.269. The first-order valence-electron chi connectivity index (χ1n) is 11.1. The van der Waals surface area contributed by atoms with Crippen molar-refractivity contribution >= 4 is 21.7 Å². The van der Waals surface area contributed by atoms with Crippen LogP contribution in [0.1, 0.15) is 30.0 Å².